The Balaban J connectivity index is 1.85. The van der Waals surface area contributed by atoms with Gasteiger partial charge in [0.25, 0.3) is 0 Å². The monoisotopic (exact) mass is 435 g/mol. The van der Waals surface area contributed by atoms with Crippen LogP contribution in [0.3, 0.4) is 0 Å². The van der Waals surface area contributed by atoms with Crippen molar-refractivity contribution >= 4 is 23.4 Å². The van der Waals surface area contributed by atoms with E-state index < -0.39 is 6.04 Å². The maximum absolute atomic E-state index is 13.3. The van der Waals surface area contributed by atoms with Crippen molar-refractivity contribution in [2.24, 2.45) is 0 Å². The van der Waals surface area contributed by atoms with Crippen LogP contribution in [0.4, 0.5) is 0 Å². The second kappa shape index (κ2) is 11.3. The molecule has 0 radical (unpaired) electrons. The highest BCUT2D eigenvalue weighted by Crippen LogP contribution is 2.17. The van der Waals surface area contributed by atoms with Crippen molar-refractivity contribution in [2.45, 2.75) is 38.9 Å². The van der Waals surface area contributed by atoms with Gasteiger partial charge in [-0.2, -0.15) is 0 Å². The van der Waals surface area contributed by atoms with Gasteiger partial charge in [-0.15, -0.1) is 0 Å². The third-order valence-electron chi connectivity index (χ3n) is 5.06. The van der Waals surface area contributed by atoms with Crippen LogP contribution in [0.15, 0.2) is 79.1 Å². The van der Waals surface area contributed by atoms with E-state index in [1.54, 1.807) is 29.4 Å². The number of hydrogen-bond donors (Lipinski definition) is 1. The second-order valence-electron chi connectivity index (χ2n) is 7.28. The summed E-state index contributed by atoms with van der Waals surface area (Å²) in [5.41, 5.74) is 2.87. The Morgan fingerprint density at radius 3 is 2.26 bits per heavy atom. The van der Waals surface area contributed by atoms with Gasteiger partial charge in [-0.25, -0.2) is 0 Å². The number of nitrogens with zero attached hydrogens (tertiary/aromatic N) is 2. The standard InChI is InChI=1S/C25H26ClN3O2/c1-2-24(30)29(18-21-8-10-22(26)11-9-21)23(16-19-6-4-3-5-7-19)25(31)28-17-20-12-14-27-15-13-20/h3-15,23H,2,16-18H2,1H3,(H,28,31). The van der Waals surface area contributed by atoms with Gasteiger partial charge in [0, 0.05) is 43.3 Å². The molecule has 0 aliphatic carbocycles. The van der Waals surface area contributed by atoms with E-state index in [1.807, 2.05) is 61.5 Å². The lowest BCUT2D eigenvalue weighted by Crippen LogP contribution is -2.50. The molecular weight excluding hydrogens is 410 g/mol. The summed E-state index contributed by atoms with van der Waals surface area (Å²) in [5.74, 6) is -0.258. The second-order valence-corrected chi connectivity index (χ2v) is 7.72. The third kappa shape index (κ3) is 6.66. The Morgan fingerprint density at radius 1 is 0.935 bits per heavy atom. The molecule has 31 heavy (non-hydrogen) atoms. The number of pyridine rings is 1. The number of halogens is 1. The lowest BCUT2D eigenvalue weighted by molar-refractivity contribution is -0.141. The highest BCUT2D eigenvalue weighted by atomic mass is 35.5. The van der Waals surface area contributed by atoms with Crippen LogP contribution in [0, 0.1) is 0 Å². The van der Waals surface area contributed by atoms with E-state index in [0.717, 1.165) is 16.7 Å². The molecular formula is C25H26ClN3O2. The first-order valence-corrected chi connectivity index (χ1v) is 10.7. The number of amides is 2. The molecule has 0 fully saturated rings. The quantitative estimate of drug-likeness (QED) is 0.541. The minimum Gasteiger partial charge on any atom is -0.350 e. The zero-order chi connectivity index (χ0) is 22.1. The van der Waals surface area contributed by atoms with Crippen molar-refractivity contribution in [1.29, 1.82) is 0 Å². The number of benzene rings is 2. The molecule has 0 bridgehead atoms. The van der Waals surface area contributed by atoms with Crippen LogP contribution < -0.4 is 5.32 Å². The fourth-order valence-corrected chi connectivity index (χ4v) is 3.48. The van der Waals surface area contributed by atoms with Gasteiger partial charge in [0.2, 0.25) is 11.8 Å². The molecule has 0 aliphatic rings. The van der Waals surface area contributed by atoms with E-state index in [9.17, 15) is 9.59 Å². The average molecular weight is 436 g/mol. The Hall–Kier alpha value is -3.18. The molecule has 5 nitrogen and oxygen atoms in total. The van der Waals surface area contributed by atoms with Crippen LogP contribution in [0.2, 0.25) is 5.02 Å². The molecule has 3 rings (SSSR count). The molecule has 1 atom stereocenters. The molecule has 6 heteroatoms. The molecule has 0 aliphatic heterocycles. The summed E-state index contributed by atoms with van der Waals surface area (Å²) in [5, 5.41) is 3.62. The molecule has 0 spiro atoms. The van der Waals surface area contributed by atoms with Crippen LogP contribution in [0.1, 0.15) is 30.0 Å². The Kier molecular flexibility index (Phi) is 8.19. The van der Waals surface area contributed by atoms with Gasteiger partial charge in [0.1, 0.15) is 6.04 Å². The number of aromatic nitrogens is 1. The van der Waals surface area contributed by atoms with Gasteiger partial charge in [0.15, 0.2) is 0 Å². The van der Waals surface area contributed by atoms with Gasteiger partial charge < -0.3 is 10.2 Å². The molecule has 2 amide bonds. The first kappa shape index (κ1) is 22.5. The summed E-state index contributed by atoms with van der Waals surface area (Å²) in [7, 11) is 0. The summed E-state index contributed by atoms with van der Waals surface area (Å²) in [6.07, 6.45) is 4.13. The largest absolute Gasteiger partial charge is 0.350 e. The average Bonchev–Trinajstić information content (AvgIpc) is 2.82. The maximum atomic E-state index is 13.3. The molecule has 2 aromatic carbocycles. The fraction of sp³-hybridized carbons (Fsp3) is 0.240. The number of carbonyl (C=O) groups is 2. The molecule has 1 aromatic heterocycles. The topological polar surface area (TPSA) is 62.3 Å². The SMILES string of the molecule is CCC(=O)N(Cc1ccc(Cl)cc1)C(Cc1ccccc1)C(=O)NCc1ccncc1. The van der Waals surface area contributed by atoms with Crippen LogP contribution >= 0.6 is 11.6 Å². The van der Waals surface area contributed by atoms with Crippen molar-refractivity contribution < 1.29 is 9.59 Å². The van der Waals surface area contributed by atoms with Crippen LogP contribution in [0.5, 0.6) is 0 Å². The van der Waals surface area contributed by atoms with E-state index >= 15 is 0 Å². The highest BCUT2D eigenvalue weighted by molar-refractivity contribution is 6.30. The van der Waals surface area contributed by atoms with Crippen LogP contribution in [0.25, 0.3) is 0 Å². The number of carbonyl (C=O) groups excluding carboxylic acids is 2. The predicted molar refractivity (Wildman–Crippen MR) is 122 cm³/mol. The third-order valence-corrected chi connectivity index (χ3v) is 5.31. The summed E-state index contributed by atoms with van der Waals surface area (Å²) >= 11 is 6.01. The number of hydrogen-bond acceptors (Lipinski definition) is 3. The number of nitrogens with one attached hydrogen (secondary N) is 1. The predicted octanol–water partition coefficient (Wildman–Crippen LogP) is 4.40. The van der Waals surface area contributed by atoms with Gasteiger partial charge >= 0.3 is 0 Å². The summed E-state index contributed by atoms with van der Waals surface area (Å²) in [6.45, 7) is 2.53. The van der Waals surface area contributed by atoms with Crippen molar-refractivity contribution in [3.63, 3.8) is 0 Å². The van der Waals surface area contributed by atoms with Gasteiger partial charge in [-0.1, -0.05) is 61.0 Å². The molecule has 0 saturated heterocycles. The van der Waals surface area contributed by atoms with E-state index in [2.05, 4.69) is 10.3 Å². The van der Waals surface area contributed by atoms with E-state index in [0.29, 0.717) is 31.0 Å². The Labute approximate surface area is 188 Å². The van der Waals surface area contributed by atoms with Crippen molar-refractivity contribution in [2.75, 3.05) is 0 Å². The van der Waals surface area contributed by atoms with E-state index in [1.165, 1.54) is 0 Å². The zero-order valence-corrected chi connectivity index (χ0v) is 18.3. The smallest absolute Gasteiger partial charge is 0.243 e. The normalized spacial score (nSPS) is 11.5. The zero-order valence-electron chi connectivity index (χ0n) is 17.5. The summed E-state index contributed by atoms with van der Waals surface area (Å²) in [4.78, 5) is 31.9. The molecule has 1 N–H and O–H groups in total. The minimum atomic E-state index is -0.632. The molecule has 0 saturated carbocycles. The first-order valence-electron chi connectivity index (χ1n) is 10.3. The van der Waals surface area contributed by atoms with E-state index in [-0.39, 0.29) is 11.8 Å². The van der Waals surface area contributed by atoms with Gasteiger partial charge in [0.05, 0.1) is 0 Å². The van der Waals surface area contributed by atoms with Crippen molar-refractivity contribution in [1.82, 2.24) is 15.2 Å². The van der Waals surface area contributed by atoms with E-state index in [4.69, 9.17) is 11.6 Å². The van der Waals surface area contributed by atoms with Crippen LogP contribution in [-0.2, 0) is 29.1 Å². The molecule has 1 unspecified atom stereocenters. The minimum absolute atomic E-state index is 0.0741. The van der Waals surface area contributed by atoms with Crippen molar-refractivity contribution in [3.8, 4) is 0 Å². The maximum Gasteiger partial charge on any atom is 0.243 e. The van der Waals surface area contributed by atoms with Gasteiger partial charge in [-0.3, -0.25) is 14.6 Å². The molecule has 1 heterocycles. The Morgan fingerprint density at radius 2 is 1.61 bits per heavy atom. The lowest BCUT2D eigenvalue weighted by atomic mass is 10.0. The number of rotatable bonds is 9. The summed E-state index contributed by atoms with van der Waals surface area (Å²) in [6, 6.07) is 20.2. The van der Waals surface area contributed by atoms with Gasteiger partial charge in [-0.05, 0) is 41.0 Å². The molecule has 160 valence electrons. The fourth-order valence-electron chi connectivity index (χ4n) is 3.35. The Bertz CT molecular complexity index is 979. The highest BCUT2D eigenvalue weighted by Gasteiger charge is 2.29. The molecule has 3 aromatic rings. The first-order chi connectivity index (χ1) is 15.1. The lowest BCUT2D eigenvalue weighted by Gasteiger charge is -2.31. The summed E-state index contributed by atoms with van der Waals surface area (Å²) < 4.78 is 0. The van der Waals surface area contributed by atoms with Crippen LogP contribution in [-0.4, -0.2) is 27.7 Å². The van der Waals surface area contributed by atoms with Crippen molar-refractivity contribution in [3.05, 3.63) is 101 Å².